The molecule has 7 heteroatoms. The van der Waals surface area contributed by atoms with Crippen LogP contribution in [0.3, 0.4) is 0 Å². The second-order valence-corrected chi connectivity index (χ2v) is 5.23. The van der Waals surface area contributed by atoms with Gasteiger partial charge in [-0.3, -0.25) is 14.0 Å². The Morgan fingerprint density at radius 3 is 3.06 bits per heavy atom. The fourth-order valence-corrected chi connectivity index (χ4v) is 2.93. The number of nitrogens with one attached hydrogen (secondary N) is 1. The Hall–Kier alpha value is -1.73. The van der Waals surface area contributed by atoms with E-state index in [1.54, 1.807) is 15.4 Å². The average molecular weight is 278 g/mol. The van der Waals surface area contributed by atoms with E-state index in [1.165, 1.54) is 11.3 Å². The summed E-state index contributed by atoms with van der Waals surface area (Å²) in [6.45, 7) is 0.427. The molecule has 3 aromatic heterocycles. The molecule has 1 N–H and O–H groups in total. The van der Waals surface area contributed by atoms with Gasteiger partial charge >= 0.3 is 0 Å². The van der Waals surface area contributed by atoms with Crippen molar-refractivity contribution in [3.8, 4) is 0 Å². The van der Waals surface area contributed by atoms with Gasteiger partial charge in [0.15, 0.2) is 4.77 Å². The second kappa shape index (κ2) is 4.18. The van der Waals surface area contributed by atoms with E-state index >= 15 is 0 Å². The topological polar surface area (TPSA) is 55.6 Å². The predicted molar refractivity (Wildman–Crippen MR) is 73.6 cm³/mol. The van der Waals surface area contributed by atoms with Gasteiger partial charge < -0.3 is 4.98 Å². The van der Waals surface area contributed by atoms with Gasteiger partial charge in [-0.05, 0) is 29.7 Å². The minimum Gasteiger partial charge on any atom is -0.323 e. The van der Waals surface area contributed by atoms with Crippen molar-refractivity contribution >= 4 is 33.8 Å². The minimum atomic E-state index is -0.0591. The van der Waals surface area contributed by atoms with E-state index in [4.69, 9.17) is 12.2 Å². The molecule has 18 heavy (non-hydrogen) atoms. The number of aromatic amines is 1. The molecule has 3 aromatic rings. The fraction of sp³-hybridized carbons (Fsp3) is 0.182. The summed E-state index contributed by atoms with van der Waals surface area (Å²) >= 11 is 6.72. The van der Waals surface area contributed by atoms with Crippen molar-refractivity contribution in [3.05, 3.63) is 44.5 Å². The standard InChI is InChI=1S/C11H10N4OS2/c1-14-7(2-4-12-14)6-15-10(16)8-3-5-18-9(8)13-11(15)17/h2-5H,6H2,1H3,(H,13,17). The molecular weight excluding hydrogens is 268 g/mol. The number of nitrogens with zero attached hydrogens (tertiary/aromatic N) is 3. The van der Waals surface area contributed by atoms with Gasteiger partial charge in [-0.25, -0.2) is 0 Å². The van der Waals surface area contributed by atoms with Crippen LogP contribution in [0.2, 0.25) is 0 Å². The Balaban J connectivity index is 2.20. The molecule has 5 nitrogen and oxygen atoms in total. The molecule has 0 bridgehead atoms. The Labute approximate surface area is 111 Å². The van der Waals surface area contributed by atoms with Gasteiger partial charge in [-0.15, -0.1) is 11.3 Å². The Morgan fingerprint density at radius 1 is 1.50 bits per heavy atom. The summed E-state index contributed by atoms with van der Waals surface area (Å²) in [5, 5.41) is 6.64. The Morgan fingerprint density at radius 2 is 2.33 bits per heavy atom. The van der Waals surface area contributed by atoms with E-state index in [9.17, 15) is 4.79 Å². The zero-order chi connectivity index (χ0) is 12.7. The number of aryl methyl sites for hydroxylation is 1. The molecule has 0 aromatic carbocycles. The van der Waals surface area contributed by atoms with Crippen molar-refractivity contribution in [2.75, 3.05) is 0 Å². The van der Waals surface area contributed by atoms with Crippen LogP contribution in [-0.4, -0.2) is 19.3 Å². The summed E-state index contributed by atoms with van der Waals surface area (Å²) in [7, 11) is 1.84. The molecule has 3 rings (SSSR count). The molecule has 0 radical (unpaired) electrons. The van der Waals surface area contributed by atoms with Crippen molar-refractivity contribution in [2.45, 2.75) is 6.54 Å². The maximum atomic E-state index is 12.3. The molecule has 0 unspecified atom stereocenters. The van der Waals surface area contributed by atoms with Gasteiger partial charge in [0, 0.05) is 13.2 Å². The summed E-state index contributed by atoms with van der Waals surface area (Å²) in [5.74, 6) is 0. The van der Waals surface area contributed by atoms with Gasteiger partial charge in [0.05, 0.1) is 17.6 Å². The first-order valence-electron chi connectivity index (χ1n) is 5.34. The first-order chi connectivity index (χ1) is 8.66. The lowest BCUT2D eigenvalue weighted by atomic mass is 10.4. The number of aromatic nitrogens is 4. The predicted octanol–water partition coefficient (Wildman–Crippen LogP) is 1.90. The molecule has 0 atom stereocenters. The lowest BCUT2D eigenvalue weighted by Crippen LogP contribution is -2.23. The van der Waals surface area contributed by atoms with Gasteiger partial charge in [-0.2, -0.15) is 5.10 Å². The van der Waals surface area contributed by atoms with E-state index in [0.717, 1.165) is 10.5 Å². The van der Waals surface area contributed by atoms with E-state index in [1.807, 2.05) is 24.6 Å². The lowest BCUT2D eigenvalue weighted by Gasteiger charge is -2.06. The molecule has 0 amide bonds. The summed E-state index contributed by atoms with van der Waals surface area (Å²) in [5.41, 5.74) is 0.877. The van der Waals surface area contributed by atoms with Crippen LogP contribution >= 0.6 is 23.6 Å². The van der Waals surface area contributed by atoms with Crippen LogP contribution in [0.25, 0.3) is 10.2 Å². The highest BCUT2D eigenvalue weighted by molar-refractivity contribution is 7.71. The van der Waals surface area contributed by atoms with Crippen molar-refractivity contribution < 1.29 is 0 Å². The monoisotopic (exact) mass is 278 g/mol. The molecule has 92 valence electrons. The van der Waals surface area contributed by atoms with Crippen LogP contribution in [0.4, 0.5) is 0 Å². The molecule has 0 saturated heterocycles. The third-order valence-electron chi connectivity index (χ3n) is 2.85. The van der Waals surface area contributed by atoms with Crippen molar-refractivity contribution in [2.24, 2.45) is 7.05 Å². The number of hydrogen-bond acceptors (Lipinski definition) is 4. The minimum absolute atomic E-state index is 0.0591. The Kier molecular flexibility index (Phi) is 2.64. The summed E-state index contributed by atoms with van der Waals surface area (Å²) in [6.07, 6.45) is 1.70. The smallest absolute Gasteiger partial charge is 0.263 e. The molecule has 0 spiro atoms. The first kappa shape index (κ1) is 11.4. The van der Waals surface area contributed by atoms with Crippen molar-refractivity contribution in [1.82, 2.24) is 19.3 Å². The maximum Gasteiger partial charge on any atom is 0.263 e. The second-order valence-electron chi connectivity index (χ2n) is 3.93. The number of fused-ring (bicyclic) bond motifs is 1. The molecule has 3 heterocycles. The van der Waals surface area contributed by atoms with Gasteiger partial charge in [0.25, 0.3) is 5.56 Å². The zero-order valence-corrected chi connectivity index (χ0v) is 11.2. The highest BCUT2D eigenvalue weighted by Gasteiger charge is 2.08. The van der Waals surface area contributed by atoms with Crippen LogP contribution in [0, 0.1) is 4.77 Å². The molecule has 0 aliphatic heterocycles. The van der Waals surface area contributed by atoms with Crippen LogP contribution in [0.15, 0.2) is 28.5 Å². The normalized spacial score (nSPS) is 11.2. The molecule has 0 fully saturated rings. The van der Waals surface area contributed by atoms with Gasteiger partial charge in [0.2, 0.25) is 0 Å². The van der Waals surface area contributed by atoms with Crippen LogP contribution < -0.4 is 5.56 Å². The quantitative estimate of drug-likeness (QED) is 0.728. The largest absolute Gasteiger partial charge is 0.323 e. The molecule has 0 aliphatic rings. The highest BCUT2D eigenvalue weighted by atomic mass is 32.1. The average Bonchev–Trinajstić information content (AvgIpc) is 2.94. The van der Waals surface area contributed by atoms with Crippen LogP contribution in [0.5, 0.6) is 0 Å². The third kappa shape index (κ3) is 1.72. The van der Waals surface area contributed by atoms with Crippen molar-refractivity contribution in [1.29, 1.82) is 0 Å². The lowest BCUT2D eigenvalue weighted by molar-refractivity contribution is 0.645. The summed E-state index contributed by atoms with van der Waals surface area (Å²) in [4.78, 5) is 16.2. The highest BCUT2D eigenvalue weighted by Crippen LogP contribution is 2.14. The maximum absolute atomic E-state index is 12.3. The summed E-state index contributed by atoms with van der Waals surface area (Å²) < 4.78 is 3.73. The van der Waals surface area contributed by atoms with Gasteiger partial charge in [0.1, 0.15) is 4.83 Å². The third-order valence-corrected chi connectivity index (χ3v) is 4.00. The van der Waals surface area contributed by atoms with E-state index < -0.39 is 0 Å². The van der Waals surface area contributed by atoms with Gasteiger partial charge in [-0.1, -0.05) is 0 Å². The number of thiophene rings is 1. The molecule has 0 saturated carbocycles. The first-order valence-corrected chi connectivity index (χ1v) is 6.63. The molecular formula is C11H10N4OS2. The zero-order valence-electron chi connectivity index (χ0n) is 9.58. The molecule has 0 aliphatic carbocycles. The number of rotatable bonds is 2. The van der Waals surface area contributed by atoms with E-state index in [0.29, 0.717) is 16.7 Å². The van der Waals surface area contributed by atoms with Crippen LogP contribution in [-0.2, 0) is 13.6 Å². The van der Waals surface area contributed by atoms with Crippen molar-refractivity contribution in [3.63, 3.8) is 0 Å². The Bertz CT molecular complexity index is 823. The number of H-pyrrole nitrogens is 1. The van der Waals surface area contributed by atoms with E-state index in [-0.39, 0.29) is 5.56 Å². The fourth-order valence-electron chi connectivity index (χ4n) is 1.84. The summed E-state index contributed by atoms with van der Waals surface area (Å²) in [6, 6.07) is 3.69. The number of hydrogen-bond donors (Lipinski definition) is 1. The van der Waals surface area contributed by atoms with Crippen LogP contribution in [0.1, 0.15) is 5.69 Å². The SMILES string of the molecule is Cn1nccc1Cn1c(=S)[nH]c2sccc2c1=O. The van der Waals surface area contributed by atoms with E-state index in [2.05, 4.69) is 10.1 Å².